The molecule has 1 aliphatic heterocycles. The second-order valence-corrected chi connectivity index (χ2v) is 5.93. The molecule has 1 heterocycles. The number of rotatable bonds is 4. The number of hydrogen-bond donors (Lipinski definition) is 0. The van der Waals surface area contributed by atoms with Crippen LogP contribution in [0.5, 0.6) is 11.5 Å². The first kappa shape index (κ1) is 14.2. The van der Waals surface area contributed by atoms with Crippen molar-refractivity contribution in [2.45, 2.75) is 24.2 Å². The lowest BCUT2D eigenvalue weighted by atomic mass is 10.1. The first-order valence-corrected chi connectivity index (χ1v) is 7.13. The van der Waals surface area contributed by atoms with Crippen LogP contribution in [0.3, 0.4) is 0 Å². The number of ether oxygens (including phenoxy) is 2. The highest BCUT2D eigenvalue weighted by Gasteiger charge is 2.32. The molecule has 0 bridgehead atoms. The predicted octanol–water partition coefficient (Wildman–Crippen LogP) is 2.76. The summed E-state index contributed by atoms with van der Waals surface area (Å²) in [6.07, 6.45) is 0.552. The third-order valence-corrected chi connectivity index (χ3v) is 4.08. The first-order valence-electron chi connectivity index (χ1n) is 6.22. The minimum Gasteiger partial charge on any atom is -0.497 e. The van der Waals surface area contributed by atoms with Crippen molar-refractivity contribution < 1.29 is 14.3 Å². The minimum atomic E-state index is -0.0277. The van der Waals surface area contributed by atoms with Crippen molar-refractivity contribution in [3.63, 3.8) is 0 Å². The number of benzene rings is 1. The van der Waals surface area contributed by atoms with Gasteiger partial charge in [0.2, 0.25) is 5.91 Å². The fourth-order valence-electron chi connectivity index (χ4n) is 2.39. The molecule has 19 heavy (non-hydrogen) atoms. The molecule has 1 amide bonds. The van der Waals surface area contributed by atoms with Gasteiger partial charge in [-0.15, -0.1) is 0 Å². The number of alkyl halides is 1. The molecule has 5 heteroatoms. The fraction of sp³-hybridized carbons (Fsp3) is 0.500. The van der Waals surface area contributed by atoms with Crippen LogP contribution in [-0.4, -0.2) is 36.4 Å². The second-order valence-electron chi connectivity index (χ2n) is 4.63. The molecule has 1 aromatic carbocycles. The summed E-state index contributed by atoms with van der Waals surface area (Å²) < 4.78 is 10.6. The number of carbonyl (C=O) groups is 1. The van der Waals surface area contributed by atoms with E-state index in [1.807, 2.05) is 30.0 Å². The van der Waals surface area contributed by atoms with Crippen molar-refractivity contribution in [1.82, 2.24) is 4.90 Å². The van der Waals surface area contributed by atoms with E-state index < -0.39 is 0 Å². The fourth-order valence-corrected chi connectivity index (χ4v) is 2.98. The Hall–Kier alpha value is -1.23. The number of methoxy groups -OCH3 is 2. The lowest BCUT2D eigenvalue weighted by molar-refractivity contribution is -0.129. The van der Waals surface area contributed by atoms with Gasteiger partial charge in [0.05, 0.1) is 20.3 Å². The van der Waals surface area contributed by atoms with Gasteiger partial charge in [0.25, 0.3) is 0 Å². The molecular weight excluding hydrogens is 310 g/mol. The van der Waals surface area contributed by atoms with Gasteiger partial charge >= 0.3 is 0 Å². The molecular formula is C14H18BrNO3. The van der Waals surface area contributed by atoms with E-state index in [9.17, 15) is 4.79 Å². The Kier molecular flexibility index (Phi) is 4.34. The monoisotopic (exact) mass is 327 g/mol. The average molecular weight is 328 g/mol. The molecule has 2 atom stereocenters. The van der Waals surface area contributed by atoms with Crippen molar-refractivity contribution in [3.05, 3.63) is 23.8 Å². The van der Waals surface area contributed by atoms with E-state index in [0.717, 1.165) is 23.6 Å². The van der Waals surface area contributed by atoms with Gasteiger partial charge in [0.15, 0.2) is 0 Å². The number of carbonyl (C=O) groups excluding carboxylic acids is 1. The highest BCUT2D eigenvalue weighted by Crippen LogP contribution is 2.35. The lowest BCUT2D eigenvalue weighted by Crippen LogP contribution is -2.28. The molecule has 0 aromatic heterocycles. The Morgan fingerprint density at radius 2 is 2.11 bits per heavy atom. The van der Waals surface area contributed by atoms with Crippen molar-refractivity contribution in [2.24, 2.45) is 0 Å². The third-order valence-electron chi connectivity index (χ3n) is 3.47. The van der Waals surface area contributed by atoms with Gasteiger partial charge in [0.1, 0.15) is 11.5 Å². The molecule has 0 aliphatic carbocycles. The first-order chi connectivity index (χ1) is 9.06. The van der Waals surface area contributed by atoms with Gasteiger partial charge in [-0.25, -0.2) is 0 Å². The molecule has 0 radical (unpaired) electrons. The standard InChI is InChI=1S/C14H18BrNO3/c1-9(16-8-10(15)6-14(16)17)12-7-11(18-2)4-5-13(12)19-3/h4-5,7,9-10H,6,8H2,1-3H3. The van der Waals surface area contributed by atoms with Gasteiger partial charge in [0, 0.05) is 23.4 Å². The summed E-state index contributed by atoms with van der Waals surface area (Å²) in [6.45, 7) is 2.74. The van der Waals surface area contributed by atoms with Gasteiger partial charge in [-0.3, -0.25) is 4.79 Å². The Bertz CT molecular complexity index is 478. The van der Waals surface area contributed by atoms with E-state index in [1.165, 1.54) is 0 Å². The number of nitrogens with zero attached hydrogens (tertiary/aromatic N) is 1. The number of halogens is 1. The summed E-state index contributed by atoms with van der Waals surface area (Å²) >= 11 is 3.51. The Labute approximate surface area is 121 Å². The van der Waals surface area contributed by atoms with Crippen molar-refractivity contribution >= 4 is 21.8 Å². The maximum atomic E-state index is 12.0. The van der Waals surface area contributed by atoms with Crippen molar-refractivity contribution in [3.8, 4) is 11.5 Å². The summed E-state index contributed by atoms with van der Waals surface area (Å²) in [5, 5.41) is 0. The number of hydrogen-bond acceptors (Lipinski definition) is 3. The number of likely N-dealkylation sites (tertiary alicyclic amines) is 1. The summed E-state index contributed by atoms with van der Waals surface area (Å²) in [7, 11) is 3.27. The second kappa shape index (κ2) is 5.82. The topological polar surface area (TPSA) is 38.8 Å². The summed E-state index contributed by atoms with van der Waals surface area (Å²) in [5.74, 6) is 1.71. The van der Waals surface area contributed by atoms with Gasteiger partial charge < -0.3 is 14.4 Å². The van der Waals surface area contributed by atoms with E-state index in [2.05, 4.69) is 15.9 Å². The van der Waals surface area contributed by atoms with Crippen molar-refractivity contribution in [2.75, 3.05) is 20.8 Å². The summed E-state index contributed by atoms with van der Waals surface area (Å²) in [6, 6.07) is 5.63. The van der Waals surface area contributed by atoms with Gasteiger partial charge in [-0.1, -0.05) is 15.9 Å². The minimum absolute atomic E-state index is 0.0277. The Balaban J connectivity index is 2.31. The molecule has 0 spiro atoms. The SMILES string of the molecule is COc1ccc(OC)c(C(C)N2CC(Br)CC2=O)c1. The molecule has 1 fully saturated rings. The van der Waals surface area contributed by atoms with Crippen LogP contribution in [0.15, 0.2) is 18.2 Å². The summed E-state index contributed by atoms with van der Waals surface area (Å²) in [5.41, 5.74) is 0.969. The third kappa shape index (κ3) is 2.86. The molecule has 0 N–H and O–H groups in total. The van der Waals surface area contributed by atoms with Crippen LogP contribution >= 0.6 is 15.9 Å². The smallest absolute Gasteiger partial charge is 0.224 e. The van der Waals surface area contributed by atoms with Crippen LogP contribution < -0.4 is 9.47 Å². The summed E-state index contributed by atoms with van der Waals surface area (Å²) in [4.78, 5) is 14.1. The van der Waals surface area contributed by atoms with E-state index in [0.29, 0.717) is 6.42 Å². The van der Waals surface area contributed by atoms with Crippen molar-refractivity contribution in [1.29, 1.82) is 0 Å². The zero-order valence-corrected chi connectivity index (χ0v) is 12.9. The molecule has 4 nitrogen and oxygen atoms in total. The molecule has 104 valence electrons. The quantitative estimate of drug-likeness (QED) is 0.798. The normalized spacial score (nSPS) is 20.5. The highest BCUT2D eigenvalue weighted by molar-refractivity contribution is 9.09. The van der Waals surface area contributed by atoms with Gasteiger partial charge in [-0.05, 0) is 25.1 Å². The van der Waals surface area contributed by atoms with Crippen LogP contribution in [0.2, 0.25) is 0 Å². The molecule has 1 aliphatic rings. The molecule has 1 aromatic rings. The number of amides is 1. The Morgan fingerprint density at radius 3 is 2.63 bits per heavy atom. The molecule has 0 saturated carbocycles. The van der Waals surface area contributed by atoms with Crippen LogP contribution in [0.4, 0.5) is 0 Å². The van der Waals surface area contributed by atoms with Crippen LogP contribution in [0, 0.1) is 0 Å². The van der Waals surface area contributed by atoms with Crippen LogP contribution in [-0.2, 0) is 4.79 Å². The molecule has 2 unspecified atom stereocenters. The van der Waals surface area contributed by atoms with E-state index in [-0.39, 0.29) is 16.8 Å². The highest BCUT2D eigenvalue weighted by atomic mass is 79.9. The Morgan fingerprint density at radius 1 is 1.37 bits per heavy atom. The zero-order chi connectivity index (χ0) is 14.0. The van der Waals surface area contributed by atoms with E-state index in [4.69, 9.17) is 9.47 Å². The molecule has 2 rings (SSSR count). The van der Waals surface area contributed by atoms with Crippen LogP contribution in [0.1, 0.15) is 24.9 Å². The van der Waals surface area contributed by atoms with Gasteiger partial charge in [-0.2, -0.15) is 0 Å². The largest absolute Gasteiger partial charge is 0.497 e. The zero-order valence-electron chi connectivity index (χ0n) is 11.4. The maximum absolute atomic E-state index is 12.0. The van der Waals surface area contributed by atoms with E-state index >= 15 is 0 Å². The predicted molar refractivity (Wildman–Crippen MR) is 77.0 cm³/mol. The maximum Gasteiger partial charge on any atom is 0.224 e. The lowest BCUT2D eigenvalue weighted by Gasteiger charge is -2.26. The van der Waals surface area contributed by atoms with Crippen LogP contribution in [0.25, 0.3) is 0 Å². The van der Waals surface area contributed by atoms with E-state index in [1.54, 1.807) is 14.2 Å². The molecule has 1 saturated heterocycles. The average Bonchev–Trinajstić information content (AvgIpc) is 2.76.